The van der Waals surface area contributed by atoms with Crippen LogP contribution in [-0.4, -0.2) is 44.8 Å². The van der Waals surface area contributed by atoms with Gasteiger partial charge >= 0.3 is 0 Å². The van der Waals surface area contributed by atoms with E-state index >= 15 is 0 Å². The smallest absolute Gasteiger partial charge is 0.264 e. The molecule has 5 aromatic carbocycles. The van der Waals surface area contributed by atoms with Crippen molar-refractivity contribution < 1.29 is 22.7 Å². The maximum Gasteiger partial charge on any atom is 0.264 e. The molecule has 2 amide bonds. The van der Waals surface area contributed by atoms with E-state index in [9.17, 15) is 18.0 Å². The number of ether oxygens (including phenoxy) is 1. The molecular weight excluding hydrogens is 669 g/mol. The highest BCUT2D eigenvalue weighted by molar-refractivity contribution is 7.92. The van der Waals surface area contributed by atoms with Crippen LogP contribution in [0.25, 0.3) is 0 Å². The molecule has 0 saturated carbocycles. The lowest BCUT2D eigenvalue weighted by molar-refractivity contribution is -0.139. The van der Waals surface area contributed by atoms with Crippen molar-refractivity contribution >= 4 is 50.7 Å². The highest BCUT2D eigenvalue weighted by atomic mass is 35.5. The van der Waals surface area contributed by atoms with Gasteiger partial charge < -0.3 is 15.0 Å². The van der Waals surface area contributed by atoms with E-state index < -0.39 is 34.4 Å². The van der Waals surface area contributed by atoms with Crippen molar-refractivity contribution in [2.45, 2.75) is 23.9 Å². The fraction of sp³-hybridized carbons (Fsp3) is 0.135. The molecule has 11 heteroatoms. The highest BCUT2D eigenvalue weighted by Gasteiger charge is 2.35. The zero-order valence-electron chi connectivity index (χ0n) is 26.0. The second-order valence-electron chi connectivity index (χ2n) is 10.8. The number of benzene rings is 5. The minimum Gasteiger partial charge on any atom is -0.457 e. The lowest BCUT2D eigenvalue weighted by atomic mass is 10.0. The Bertz CT molecular complexity index is 1930. The highest BCUT2D eigenvalue weighted by Crippen LogP contribution is 2.30. The topological polar surface area (TPSA) is 96.0 Å². The largest absolute Gasteiger partial charge is 0.457 e. The van der Waals surface area contributed by atoms with Crippen molar-refractivity contribution in [3.8, 4) is 11.5 Å². The number of amides is 2. The Morgan fingerprint density at radius 3 is 1.85 bits per heavy atom. The maximum absolute atomic E-state index is 14.5. The van der Waals surface area contributed by atoms with E-state index in [-0.39, 0.29) is 23.5 Å². The normalized spacial score (nSPS) is 11.7. The number of para-hydroxylation sites is 1. The van der Waals surface area contributed by atoms with Crippen LogP contribution in [0.4, 0.5) is 5.69 Å². The Balaban J connectivity index is 1.56. The summed E-state index contributed by atoms with van der Waals surface area (Å²) in [6, 6.07) is 36.6. The Hall–Kier alpha value is -4.83. The molecule has 5 aromatic rings. The van der Waals surface area contributed by atoms with Crippen LogP contribution in [0.15, 0.2) is 138 Å². The lowest BCUT2D eigenvalue weighted by Gasteiger charge is -2.34. The summed E-state index contributed by atoms with van der Waals surface area (Å²) in [7, 11) is -2.78. The van der Waals surface area contributed by atoms with Gasteiger partial charge in [0, 0.05) is 35.6 Å². The molecule has 1 atom stereocenters. The molecule has 0 spiro atoms. The van der Waals surface area contributed by atoms with E-state index in [2.05, 4.69) is 5.32 Å². The van der Waals surface area contributed by atoms with Gasteiger partial charge in [-0.1, -0.05) is 96.0 Å². The van der Waals surface area contributed by atoms with Gasteiger partial charge in [0.2, 0.25) is 11.8 Å². The van der Waals surface area contributed by atoms with E-state index in [0.717, 1.165) is 9.87 Å². The van der Waals surface area contributed by atoms with Gasteiger partial charge in [0.25, 0.3) is 10.0 Å². The average Bonchev–Trinajstić information content (AvgIpc) is 3.11. The molecule has 0 heterocycles. The van der Waals surface area contributed by atoms with Gasteiger partial charge in [-0.3, -0.25) is 13.9 Å². The minimum absolute atomic E-state index is 0.00440. The zero-order valence-corrected chi connectivity index (χ0v) is 28.3. The van der Waals surface area contributed by atoms with E-state index in [1.165, 1.54) is 24.1 Å². The third-order valence-corrected chi connectivity index (χ3v) is 10.1. The van der Waals surface area contributed by atoms with E-state index in [0.29, 0.717) is 27.1 Å². The van der Waals surface area contributed by atoms with Gasteiger partial charge in [0.1, 0.15) is 24.1 Å². The maximum atomic E-state index is 14.5. The van der Waals surface area contributed by atoms with Crippen molar-refractivity contribution in [3.05, 3.63) is 155 Å². The van der Waals surface area contributed by atoms with Gasteiger partial charge in [-0.25, -0.2) is 8.42 Å². The summed E-state index contributed by atoms with van der Waals surface area (Å²) < 4.78 is 35.3. The molecule has 1 N–H and O–H groups in total. The molecule has 0 aromatic heterocycles. The lowest BCUT2D eigenvalue weighted by Crippen LogP contribution is -2.53. The molecule has 0 radical (unpaired) electrons. The number of likely N-dealkylation sites (N-methyl/N-ethyl adjacent to an activating group) is 1. The summed E-state index contributed by atoms with van der Waals surface area (Å²) >= 11 is 13.1. The molecule has 0 aliphatic carbocycles. The average molecular weight is 703 g/mol. The number of halogens is 2. The molecule has 0 saturated heterocycles. The first kappa shape index (κ1) is 34.5. The molecular formula is C37H33Cl2N3O5S. The Labute approximate surface area is 290 Å². The Morgan fingerprint density at radius 2 is 1.27 bits per heavy atom. The molecule has 48 heavy (non-hydrogen) atoms. The molecule has 246 valence electrons. The van der Waals surface area contributed by atoms with E-state index in [1.54, 1.807) is 72.8 Å². The van der Waals surface area contributed by atoms with Crippen molar-refractivity contribution in [2.75, 3.05) is 17.9 Å². The summed E-state index contributed by atoms with van der Waals surface area (Å²) in [6.45, 7) is -0.772. The number of nitrogens with zero attached hydrogens (tertiary/aromatic N) is 2. The standard InChI is InChI=1S/C37H33Cl2N3O5S/c1-40-37(44)35(24-27-12-5-2-6-13-27)41(25-32-33(38)18-11-19-34(32)39)36(43)26-42(48(45,46)31-16-9-4-10-17-31)28-20-22-30(23-21-28)47-29-14-7-3-8-15-29/h2-23,35H,24-26H2,1H3,(H,40,44)/t35-/m1/s1. The first-order chi connectivity index (χ1) is 23.2. The summed E-state index contributed by atoms with van der Waals surface area (Å²) in [5.74, 6) is 0.0162. The first-order valence-corrected chi connectivity index (χ1v) is 17.3. The number of hydrogen-bond donors (Lipinski definition) is 1. The summed E-state index contributed by atoms with van der Waals surface area (Å²) in [6.07, 6.45) is 0.158. The fourth-order valence-corrected chi connectivity index (χ4v) is 7.08. The van der Waals surface area contributed by atoms with Crippen molar-refractivity contribution in [2.24, 2.45) is 0 Å². The van der Waals surface area contributed by atoms with Gasteiger partial charge in [-0.15, -0.1) is 0 Å². The van der Waals surface area contributed by atoms with Crippen molar-refractivity contribution in [1.29, 1.82) is 0 Å². The predicted molar refractivity (Wildman–Crippen MR) is 189 cm³/mol. The molecule has 0 aliphatic heterocycles. The van der Waals surface area contributed by atoms with Crippen LogP contribution in [0.5, 0.6) is 11.5 Å². The van der Waals surface area contributed by atoms with Gasteiger partial charge in [-0.2, -0.15) is 0 Å². The minimum atomic E-state index is -4.26. The molecule has 0 bridgehead atoms. The number of anilines is 1. The summed E-state index contributed by atoms with van der Waals surface area (Å²) in [5, 5.41) is 3.27. The van der Waals surface area contributed by atoms with Crippen molar-refractivity contribution in [3.63, 3.8) is 0 Å². The summed E-state index contributed by atoms with van der Waals surface area (Å²) in [4.78, 5) is 29.3. The third-order valence-electron chi connectivity index (χ3n) is 7.62. The van der Waals surface area contributed by atoms with Crippen LogP contribution in [0.2, 0.25) is 10.0 Å². The van der Waals surface area contributed by atoms with Crippen LogP contribution in [0.1, 0.15) is 11.1 Å². The number of nitrogens with one attached hydrogen (secondary N) is 1. The second-order valence-corrected chi connectivity index (χ2v) is 13.5. The fourth-order valence-electron chi connectivity index (χ4n) is 5.13. The molecule has 0 fully saturated rings. The quantitative estimate of drug-likeness (QED) is 0.138. The first-order valence-electron chi connectivity index (χ1n) is 15.1. The number of carbonyl (C=O) groups is 2. The Kier molecular flexibility index (Phi) is 11.4. The summed E-state index contributed by atoms with van der Waals surface area (Å²) in [5.41, 5.74) is 1.45. The number of sulfonamides is 1. The predicted octanol–water partition coefficient (Wildman–Crippen LogP) is 7.37. The SMILES string of the molecule is CNC(=O)[C@@H](Cc1ccccc1)N(Cc1c(Cl)cccc1Cl)C(=O)CN(c1ccc(Oc2ccccc2)cc1)S(=O)(=O)c1ccccc1. The van der Waals surface area contributed by atoms with Gasteiger partial charge in [-0.05, 0) is 66.2 Å². The molecule has 0 aliphatic rings. The van der Waals surface area contributed by atoms with Crippen molar-refractivity contribution in [1.82, 2.24) is 10.2 Å². The third kappa shape index (κ3) is 8.36. The number of carbonyl (C=O) groups excluding carboxylic acids is 2. The van der Waals surface area contributed by atoms with E-state index in [4.69, 9.17) is 27.9 Å². The van der Waals surface area contributed by atoms with Gasteiger partial charge in [0.05, 0.1) is 10.6 Å². The molecule has 5 rings (SSSR count). The zero-order chi connectivity index (χ0) is 34.1. The van der Waals surface area contributed by atoms with Crippen LogP contribution in [-0.2, 0) is 32.6 Å². The van der Waals surface area contributed by atoms with E-state index in [1.807, 2.05) is 48.5 Å². The second kappa shape index (κ2) is 15.8. The number of hydrogen-bond acceptors (Lipinski definition) is 5. The number of rotatable bonds is 13. The van der Waals surface area contributed by atoms with Crippen LogP contribution in [0.3, 0.4) is 0 Å². The monoisotopic (exact) mass is 701 g/mol. The Morgan fingerprint density at radius 1 is 0.729 bits per heavy atom. The van der Waals surface area contributed by atoms with Crippen LogP contribution < -0.4 is 14.4 Å². The van der Waals surface area contributed by atoms with Gasteiger partial charge in [0.15, 0.2) is 0 Å². The van der Waals surface area contributed by atoms with Crippen LogP contribution >= 0.6 is 23.2 Å². The van der Waals surface area contributed by atoms with Crippen LogP contribution in [0, 0.1) is 0 Å². The molecule has 8 nitrogen and oxygen atoms in total. The molecule has 0 unspecified atom stereocenters.